The van der Waals surface area contributed by atoms with Crippen molar-refractivity contribution in [2.45, 2.75) is 12.8 Å². The highest BCUT2D eigenvalue weighted by molar-refractivity contribution is 7.22. The van der Waals surface area contributed by atoms with Gasteiger partial charge in [-0.3, -0.25) is 4.79 Å². The first kappa shape index (κ1) is 17.0. The van der Waals surface area contributed by atoms with Gasteiger partial charge in [0.15, 0.2) is 5.13 Å². The van der Waals surface area contributed by atoms with Crippen molar-refractivity contribution in [1.29, 1.82) is 0 Å². The minimum absolute atomic E-state index is 0.0835. The minimum Gasteiger partial charge on any atom is -0.492 e. The van der Waals surface area contributed by atoms with Crippen LogP contribution in [-0.4, -0.2) is 17.5 Å². The largest absolute Gasteiger partial charge is 0.492 e. The van der Waals surface area contributed by atoms with Crippen LogP contribution >= 0.6 is 34.5 Å². The summed E-state index contributed by atoms with van der Waals surface area (Å²) in [6.07, 6.45) is 0.927. The van der Waals surface area contributed by atoms with Gasteiger partial charge in [-0.15, -0.1) is 0 Å². The standard InChI is InChI=1S/C17H14Cl2N2O2S/c18-11-7-8-14(12(19)10-11)23-9-3-6-16(22)21-17-20-13-4-1-2-5-15(13)24-17/h1-2,4-5,7-8,10H,3,6,9H2,(H,20,21,22). The number of anilines is 1. The Morgan fingerprint density at radius 2 is 2.04 bits per heavy atom. The molecule has 124 valence electrons. The molecule has 0 saturated heterocycles. The van der Waals surface area contributed by atoms with E-state index in [4.69, 9.17) is 27.9 Å². The Bertz CT molecular complexity index is 834. The van der Waals surface area contributed by atoms with Crippen molar-refractivity contribution in [3.63, 3.8) is 0 Å². The van der Waals surface area contributed by atoms with Gasteiger partial charge in [0.05, 0.1) is 21.8 Å². The number of thiazole rings is 1. The van der Waals surface area contributed by atoms with E-state index < -0.39 is 0 Å². The van der Waals surface area contributed by atoms with Gasteiger partial charge in [0.25, 0.3) is 0 Å². The zero-order chi connectivity index (χ0) is 16.9. The van der Waals surface area contributed by atoms with Crippen molar-refractivity contribution in [3.05, 3.63) is 52.5 Å². The lowest BCUT2D eigenvalue weighted by molar-refractivity contribution is -0.116. The van der Waals surface area contributed by atoms with Gasteiger partial charge in [-0.1, -0.05) is 46.7 Å². The third-order valence-electron chi connectivity index (χ3n) is 3.24. The number of rotatable bonds is 6. The number of carbonyl (C=O) groups excluding carboxylic acids is 1. The topological polar surface area (TPSA) is 51.2 Å². The lowest BCUT2D eigenvalue weighted by atomic mass is 10.3. The highest BCUT2D eigenvalue weighted by atomic mass is 35.5. The molecule has 2 aromatic carbocycles. The molecule has 0 saturated carbocycles. The summed E-state index contributed by atoms with van der Waals surface area (Å²) in [6.45, 7) is 0.397. The molecule has 0 atom stereocenters. The Balaban J connectivity index is 1.45. The molecule has 3 rings (SSSR count). The van der Waals surface area contributed by atoms with Crippen LogP contribution in [0, 0.1) is 0 Å². The second kappa shape index (κ2) is 7.83. The highest BCUT2D eigenvalue weighted by Gasteiger charge is 2.08. The van der Waals surface area contributed by atoms with E-state index in [0.29, 0.717) is 40.4 Å². The van der Waals surface area contributed by atoms with E-state index in [1.54, 1.807) is 18.2 Å². The molecule has 3 aromatic rings. The van der Waals surface area contributed by atoms with Crippen LogP contribution in [0.2, 0.25) is 10.0 Å². The molecule has 0 aliphatic heterocycles. The molecular weight excluding hydrogens is 367 g/mol. The van der Waals surface area contributed by atoms with Gasteiger partial charge in [0, 0.05) is 11.4 Å². The molecule has 0 aliphatic rings. The zero-order valence-electron chi connectivity index (χ0n) is 12.6. The predicted molar refractivity (Wildman–Crippen MR) is 99.4 cm³/mol. The molecular formula is C17H14Cl2N2O2S. The number of aromatic nitrogens is 1. The van der Waals surface area contributed by atoms with E-state index >= 15 is 0 Å². The maximum atomic E-state index is 12.0. The number of benzene rings is 2. The average molecular weight is 381 g/mol. The summed E-state index contributed by atoms with van der Waals surface area (Å²) in [5.74, 6) is 0.479. The Hall–Kier alpha value is -1.82. The monoisotopic (exact) mass is 380 g/mol. The number of carbonyl (C=O) groups is 1. The van der Waals surface area contributed by atoms with Gasteiger partial charge in [-0.25, -0.2) is 4.98 Å². The molecule has 0 spiro atoms. The van der Waals surface area contributed by atoms with Crippen molar-refractivity contribution in [3.8, 4) is 5.75 Å². The van der Waals surface area contributed by atoms with E-state index in [9.17, 15) is 4.79 Å². The van der Waals surface area contributed by atoms with Crippen LogP contribution in [-0.2, 0) is 4.79 Å². The maximum absolute atomic E-state index is 12.0. The molecule has 1 amide bonds. The molecule has 0 aliphatic carbocycles. The van der Waals surface area contributed by atoms with Crippen LogP contribution < -0.4 is 10.1 Å². The maximum Gasteiger partial charge on any atom is 0.226 e. The molecule has 0 fully saturated rings. The fourth-order valence-electron chi connectivity index (χ4n) is 2.11. The molecule has 7 heteroatoms. The number of amides is 1. The number of hydrogen-bond acceptors (Lipinski definition) is 4. The van der Waals surface area contributed by atoms with Gasteiger partial charge >= 0.3 is 0 Å². The van der Waals surface area contributed by atoms with Crippen LogP contribution in [0.25, 0.3) is 10.2 Å². The lowest BCUT2D eigenvalue weighted by Crippen LogP contribution is -2.12. The van der Waals surface area contributed by atoms with E-state index in [0.717, 1.165) is 10.2 Å². The Morgan fingerprint density at radius 1 is 1.21 bits per heavy atom. The Labute approximate surface area is 153 Å². The number of hydrogen-bond donors (Lipinski definition) is 1. The number of halogens is 2. The number of nitrogens with zero attached hydrogens (tertiary/aromatic N) is 1. The molecule has 1 N–H and O–H groups in total. The predicted octanol–water partition coefficient (Wildman–Crippen LogP) is 5.40. The van der Waals surface area contributed by atoms with Crippen LogP contribution in [0.1, 0.15) is 12.8 Å². The van der Waals surface area contributed by atoms with Crippen LogP contribution in [0.3, 0.4) is 0 Å². The van der Waals surface area contributed by atoms with Crippen molar-refractivity contribution in [2.24, 2.45) is 0 Å². The fraction of sp³-hybridized carbons (Fsp3) is 0.176. The van der Waals surface area contributed by atoms with Crippen LogP contribution in [0.5, 0.6) is 5.75 Å². The normalized spacial score (nSPS) is 10.8. The van der Waals surface area contributed by atoms with Gasteiger partial charge in [0.2, 0.25) is 5.91 Å². The molecule has 24 heavy (non-hydrogen) atoms. The summed E-state index contributed by atoms with van der Waals surface area (Å²) in [7, 11) is 0. The van der Waals surface area contributed by atoms with E-state index in [1.165, 1.54) is 11.3 Å². The summed E-state index contributed by atoms with van der Waals surface area (Å²) in [5.41, 5.74) is 0.888. The van der Waals surface area contributed by atoms with E-state index in [2.05, 4.69) is 10.3 Å². The summed E-state index contributed by atoms with van der Waals surface area (Å²) >= 11 is 13.3. The summed E-state index contributed by atoms with van der Waals surface area (Å²) < 4.78 is 6.61. The third kappa shape index (κ3) is 4.38. The van der Waals surface area contributed by atoms with Gasteiger partial charge < -0.3 is 10.1 Å². The van der Waals surface area contributed by atoms with Crippen LogP contribution in [0.15, 0.2) is 42.5 Å². The van der Waals surface area contributed by atoms with Gasteiger partial charge in [-0.05, 0) is 36.8 Å². The number of ether oxygens (including phenoxy) is 1. The van der Waals surface area contributed by atoms with Crippen molar-refractivity contribution >= 4 is 55.8 Å². The first-order chi connectivity index (χ1) is 11.6. The SMILES string of the molecule is O=C(CCCOc1ccc(Cl)cc1Cl)Nc1nc2ccccc2s1. The first-order valence-electron chi connectivity index (χ1n) is 7.35. The molecule has 1 aromatic heterocycles. The first-order valence-corrected chi connectivity index (χ1v) is 8.92. The number of fused-ring (bicyclic) bond motifs is 1. The van der Waals surface area contributed by atoms with Crippen molar-refractivity contribution in [2.75, 3.05) is 11.9 Å². The summed E-state index contributed by atoms with van der Waals surface area (Å²) in [6, 6.07) is 12.8. The summed E-state index contributed by atoms with van der Waals surface area (Å²) in [4.78, 5) is 16.3. The Morgan fingerprint density at radius 3 is 2.83 bits per heavy atom. The van der Waals surface area contributed by atoms with E-state index in [1.807, 2.05) is 24.3 Å². The molecule has 1 heterocycles. The van der Waals surface area contributed by atoms with Gasteiger partial charge in [-0.2, -0.15) is 0 Å². The number of nitrogens with one attached hydrogen (secondary N) is 1. The second-order valence-electron chi connectivity index (χ2n) is 5.06. The number of para-hydroxylation sites is 1. The second-order valence-corrected chi connectivity index (χ2v) is 6.94. The summed E-state index contributed by atoms with van der Waals surface area (Å²) in [5, 5.41) is 4.45. The quantitative estimate of drug-likeness (QED) is 0.582. The zero-order valence-corrected chi connectivity index (χ0v) is 14.9. The molecule has 0 unspecified atom stereocenters. The molecule has 0 radical (unpaired) electrons. The molecule has 0 bridgehead atoms. The highest BCUT2D eigenvalue weighted by Crippen LogP contribution is 2.28. The fourth-order valence-corrected chi connectivity index (χ4v) is 3.46. The third-order valence-corrected chi connectivity index (χ3v) is 4.72. The molecule has 4 nitrogen and oxygen atoms in total. The minimum atomic E-state index is -0.0835. The average Bonchev–Trinajstić information content (AvgIpc) is 2.95. The van der Waals surface area contributed by atoms with Gasteiger partial charge in [0.1, 0.15) is 5.75 Å². The smallest absolute Gasteiger partial charge is 0.226 e. The Kier molecular flexibility index (Phi) is 5.56. The lowest BCUT2D eigenvalue weighted by Gasteiger charge is -2.08. The van der Waals surface area contributed by atoms with Crippen molar-refractivity contribution < 1.29 is 9.53 Å². The van der Waals surface area contributed by atoms with E-state index in [-0.39, 0.29) is 5.91 Å². The van der Waals surface area contributed by atoms with Crippen LogP contribution in [0.4, 0.5) is 5.13 Å². The van der Waals surface area contributed by atoms with Crippen molar-refractivity contribution in [1.82, 2.24) is 4.98 Å².